The predicted molar refractivity (Wildman–Crippen MR) is 87.0 cm³/mol. The van der Waals surface area contributed by atoms with Gasteiger partial charge < -0.3 is 9.84 Å². The van der Waals surface area contributed by atoms with Crippen molar-refractivity contribution in [3.63, 3.8) is 0 Å². The van der Waals surface area contributed by atoms with Crippen molar-refractivity contribution in [3.8, 4) is 27.8 Å². The molecule has 116 valence electrons. The molecule has 0 atom stereocenters. The summed E-state index contributed by atoms with van der Waals surface area (Å²) in [5.74, 6) is 0.514. The second-order valence-electron chi connectivity index (χ2n) is 4.52. The van der Waals surface area contributed by atoms with Gasteiger partial charge >= 0.3 is 6.16 Å². The van der Waals surface area contributed by atoms with E-state index < -0.39 is 6.16 Å². The smallest absolute Gasteiger partial charge is 0.449 e. The Kier molecular flexibility index (Phi) is 4.22. The van der Waals surface area contributed by atoms with E-state index >= 15 is 0 Å². The van der Waals surface area contributed by atoms with Crippen molar-refractivity contribution in [2.75, 3.05) is 0 Å². The van der Waals surface area contributed by atoms with E-state index in [0.717, 1.165) is 0 Å². The monoisotopic (exact) mass is 347 g/mol. The Morgan fingerprint density at radius 3 is 2.61 bits per heavy atom. The number of hydrogen-bond donors (Lipinski definition) is 1. The topological polar surface area (TPSA) is 85.2 Å². The molecule has 0 saturated heterocycles. The van der Waals surface area contributed by atoms with E-state index in [0.29, 0.717) is 32.8 Å². The molecule has 2 heterocycles. The summed E-state index contributed by atoms with van der Waals surface area (Å²) in [4.78, 5) is 23.9. The summed E-state index contributed by atoms with van der Waals surface area (Å²) in [5, 5.41) is 12.0. The number of halogens is 1. The van der Waals surface area contributed by atoms with Gasteiger partial charge in [0.05, 0.1) is 5.69 Å². The number of hydrogen-bond acceptors (Lipinski definition) is 6. The molecule has 0 radical (unpaired) electrons. The molecule has 3 aromatic rings. The Hall–Kier alpha value is -2.51. The third kappa shape index (κ3) is 3.30. The third-order valence-corrected chi connectivity index (χ3v) is 3.99. The molecule has 0 bridgehead atoms. The minimum absolute atomic E-state index is 0.0973. The summed E-state index contributed by atoms with van der Waals surface area (Å²) in [7, 11) is 0. The molecule has 1 aromatic carbocycles. The van der Waals surface area contributed by atoms with E-state index in [1.807, 2.05) is 5.38 Å². The molecule has 1 N–H and O–H groups in total. The average molecular weight is 348 g/mol. The summed E-state index contributed by atoms with van der Waals surface area (Å²) < 4.78 is 4.87. The first kappa shape index (κ1) is 15.4. The second-order valence-corrected chi connectivity index (χ2v) is 5.85. The SMILES string of the molecule is Cc1nc(-c2nccs2)nc(-c2ccc(Cl)cc2)c1OC(=O)O. The third-order valence-electron chi connectivity index (χ3n) is 2.97. The van der Waals surface area contributed by atoms with Gasteiger partial charge in [0, 0.05) is 22.2 Å². The van der Waals surface area contributed by atoms with Gasteiger partial charge in [-0.05, 0) is 19.1 Å². The molecular formula is C15H10ClN3O3S. The summed E-state index contributed by atoms with van der Waals surface area (Å²) in [6.07, 6.45) is 0.233. The first-order chi connectivity index (χ1) is 11.0. The van der Waals surface area contributed by atoms with Crippen LogP contribution in [0.15, 0.2) is 35.8 Å². The Morgan fingerprint density at radius 2 is 2.00 bits per heavy atom. The lowest BCUT2D eigenvalue weighted by Gasteiger charge is -2.11. The Bertz CT molecular complexity index is 851. The highest BCUT2D eigenvalue weighted by Gasteiger charge is 2.19. The van der Waals surface area contributed by atoms with Crippen LogP contribution in [-0.4, -0.2) is 26.2 Å². The number of aryl methyl sites for hydroxylation is 1. The van der Waals surface area contributed by atoms with E-state index in [-0.39, 0.29) is 5.75 Å². The minimum atomic E-state index is -1.42. The van der Waals surface area contributed by atoms with Crippen molar-refractivity contribution in [3.05, 3.63) is 46.6 Å². The minimum Gasteiger partial charge on any atom is -0.449 e. The van der Waals surface area contributed by atoms with Crippen LogP contribution < -0.4 is 4.74 Å². The zero-order valence-electron chi connectivity index (χ0n) is 11.9. The first-order valence-electron chi connectivity index (χ1n) is 6.50. The fourth-order valence-electron chi connectivity index (χ4n) is 2.01. The zero-order chi connectivity index (χ0) is 16.4. The van der Waals surface area contributed by atoms with Crippen LogP contribution in [0.2, 0.25) is 5.02 Å². The highest BCUT2D eigenvalue weighted by atomic mass is 35.5. The molecule has 0 unspecified atom stereocenters. The van der Waals surface area contributed by atoms with Gasteiger partial charge in [0.15, 0.2) is 16.6 Å². The Labute approximate surface area is 140 Å². The predicted octanol–water partition coefficient (Wildman–Crippen LogP) is 4.29. The van der Waals surface area contributed by atoms with E-state index in [1.165, 1.54) is 11.3 Å². The van der Waals surface area contributed by atoms with Crippen LogP contribution in [0.1, 0.15) is 5.69 Å². The molecule has 0 saturated carbocycles. The van der Waals surface area contributed by atoms with Crippen LogP contribution in [0.3, 0.4) is 0 Å². The lowest BCUT2D eigenvalue weighted by molar-refractivity contribution is 0.144. The molecule has 0 amide bonds. The number of carbonyl (C=O) groups is 1. The summed E-state index contributed by atoms with van der Waals surface area (Å²) in [6.45, 7) is 1.66. The van der Waals surface area contributed by atoms with Gasteiger partial charge in [0.2, 0.25) is 0 Å². The van der Waals surface area contributed by atoms with Crippen LogP contribution in [0.4, 0.5) is 4.79 Å². The number of rotatable bonds is 3. The number of aromatic nitrogens is 3. The molecule has 3 rings (SSSR count). The van der Waals surface area contributed by atoms with Crippen LogP contribution in [0, 0.1) is 6.92 Å². The summed E-state index contributed by atoms with van der Waals surface area (Å²) in [5.41, 5.74) is 1.47. The molecular weight excluding hydrogens is 338 g/mol. The van der Waals surface area contributed by atoms with Gasteiger partial charge in [-0.2, -0.15) is 0 Å². The van der Waals surface area contributed by atoms with Gasteiger partial charge in [-0.1, -0.05) is 23.7 Å². The molecule has 8 heteroatoms. The number of thiazole rings is 1. The maximum Gasteiger partial charge on any atom is 0.511 e. The van der Waals surface area contributed by atoms with E-state index in [9.17, 15) is 4.79 Å². The highest BCUT2D eigenvalue weighted by molar-refractivity contribution is 7.13. The maximum atomic E-state index is 11.0. The molecule has 0 aliphatic rings. The quantitative estimate of drug-likeness (QED) is 0.711. The summed E-state index contributed by atoms with van der Waals surface area (Å²) in [6, 6.07) is 6.87. The Morgan fingerprint density at radius 1 is 1.26 bits per heavy atom. The Balaban J connectivity index is 2.20. The van der Waals surface area contributed by atoms with E-state index in [2.05, 4.69) is 15.0 Å². The van der Waals surface area contributed by atoms with Crippen molar-refractivity contribution in [1.82, 2.24) is 15.0 Å². The standard InChI is InChI=1S/C15H10ClN3O3S/c1-8-12(22-15(20)21)11(9-2-4-10(16)5-3-9)19-13(18-8)14-17-6-7-23-14/h2-7H,1H3,(H,20,21). The van der Waals surface area contributed by atoms with Gasteiger partial charge in [0.1, 0.15) is 5.69 Å². The largest absolute Gasteiger partial charge is 0.511 e. The van der Waals surface area contributed by atoms with Crippen LogP contribution >= 0.6 is 22.9 Å². The average Bonchev–Trinajstić information content (AvgIpc) is 3.04. The van der Waals surface area contributed by atoms with Crippen molar-refractivity contribution in [1.29, 1.82) is 0 Å². The highest BCUT2D eigenvalue weighted by Crippen LogP contribution is 2.33. The van der Waals surface area contributed by atoms with Crippen LogP contribution in [0.5, 0.6) is 5.75 Å². The second kappa shape index (κ2) is 6.31. The number of carboxylic acid groups (broad SMARTS) is 1. The van der Waals surface area contributed by atoms with E-state index in [1.54, 1.807) is 37.4 Å². The molecule has 6 nitrogen and oxygen atoms in total. The van der Waals surface area contributed by atoms with Gasteiger partial charge in [0.25, 0.3) is 0 Å². The zero-order valence-corrected chi connectivity index (χ0v) is 13.4. The fourth-order valence-corrected chi connectivity index (χ4v) is 2.70. The number of ether oxygens (including phenoxy) is 1. The van der Waals surface area contributed by atoms with Crippen molar-refractivity contribution in [2.24, 2.45) is 0 Å². The fraction of sp³-hybridized carbons (Fsp3) is 0.0667. The summed E-state index contributed by atoms with van der Waals surface area (Å²) >= 11 is 7.30. The number of nitrogens with zero attached hydrogens (tertiary/aromatic N) is 3. The maximum absolute atomic E-state index is 11.0. The lowest BCUT2D eigenvalue weighted by Crippen LogP contribution is -2.08. The van der Waals surface area contributed by atoms with Crippen LogP contribution in [0.25, 0.3) is 22.1 Å². The molecule has 0 aliphatic heterocycles. The van der Waals surface area contributed by atoms with Crippen molar-refractivity contribution >= 4 is 29.1 Å². The molecule has 2 aromatic heterocycles. The number of benzene rings is 1. The van der Waals surface area contributed by atoms with Gasteiger partial charge in [-0.3, -0.25) is 0 Å². The molecule has 23 heavy (non-hydrogen) atoms. The van der Waals surface area contributed by atoms with Gasteiger partial charge in [-0.25, -0.2) is 19.7 Å². The van der Waals surface area contributed by atoms with Crippen molar-refractivity contribution < 1.29 is 14.6 Å². The molecule has 0 aliphatic carbocycles. The molecule has 0 fully saturated rings. The first-order valence-corrected chi connectivity index (χ1v) is 7.75. The van der Waals surface area contributed by atoms with Crippen molar-refractivity contribution in [2.45, 2.75) is 6.92 Å². The lowest BCUT2D eigenvalue weighted by atomic mass is 10.1. The van der Waals surface area contributed by atoms with Gasteiger partial charge in [-0.15, -0.1) is 11.3 Å². The normalized spacial score (nSPS) is 10.5. The molecule has 0 spiro atoms. The van der Waals surface area contributed by atoms with E-state index in [4.69, 9.17) is 21.4 Å². The van der Waals surface area contributed by atoms with Crippen LogP contribution in [-0.2, 0) is 0 Å².